The van der Waals surface area contributed by atoms with Gasteiger partial charge in [-0.05, 0) is 137 Å². The van der Waals surface area contributed by atoms with Gasteiger partial charge < -0.3 is 44.3 Å². The quantitative estimate of drug-likeness (QED) is 0.0698. The van der Waals surface area contributed by atoms with Crippen molar-refractivity contribution in [2.45, 2.75) is 72.7 Å². The zero-order valence-corrected chi connectivity index (χ0v) is 61.7. The Kier molecular flexibility index (Phi) is 23.8. The molecule has 2 fully saturated rings. The number of carbonyl (C=O) groups excluding carboxylic acids is 7. The van der Waals surface area contributed by atoms with Crippen LogP contribution in [-0.4, -0.2) is 135 Å². The minimum Gasteiger partial charge on any atom is -0.478 e. The smallest absolute Gasteiger partial charge is 0.417 e. The molecule has 0 radical (unpaired) electrons. The van der Waals surface area contributed by atoms with Gasteiger partial charge in [-0.15, -0.1) is 12.4 Å². The summed E-state index contributed by atoms with van der Waals surface area (Å²) in [5.41, 5.74) is 7.09. The molecule has 4 atom stereocenters. The molecule has 0 aliphatic carbocycles. The number of carboxylic acids is 1. The summed E-state index contributed by atoms with van der Waals surface area (Å²) < 4.78 is 70.0. The van der Waals surface area contributed by atoms with Crippen molar-refractivity contribution in [3.8, 4) is 0 Å². The number of ether oxygens (including phenoxy) is 2. The number of imide groups is 2. The highest BCUT2D eigenvalue weighted by molar-refractivity contribution is 7.91. The van der Waals surface area contributed by atoms with Gasteiger partial charge in [-0.1, -0.05) is 143 Å². The van der Waals surface area contributed by atoms with Crippen LogP contribution >= 0.6 is 58.8 Å². The van der Waals surface area contributed by atoms with E-state index >= 15 is 0 Å². The van der Waals surface area contributed by atoms with Crippen molar-refractivity contribution in [1.82, 2.24) is 30.7 Å². The Balaban J connectivity index is 0.000000184. The van der Waals surface area contributed by atoms with Crippen LogP contribution in [0.3, 0.4) is 0 Å². The summed E-state index contributed by atoms with van der Waals surface area (Å²) >= 11 is 26.7. The van der Waals surface area contributed by atoms with Crippen LogP contribution in [0.5, 0.6) is 0 Å². The van der Waals surface area contributed by atoms with Gasteiger partial charge in [-0.2, -0.15) is 0 Å². The van der Waals surface area contributed by atoms with Crippen molar-refractivity contribution in [2.24, 2.45) is 0 Å². The number of carboxylic acid groups (broad SMARTS) is 1. The third kappa shape index (κ3) is 17.1. The van der Waals surface area contributed by atoms with Gasteiger partial charge in [0.1, 0.15) is 48.5 Å². The number of hydrogen-bond acceptors (Lipinski definition) is 17. The molecule has 6 heterocycles. The van der Waals surface area contributed by atoms with E-state index in [1.54, 1.807) is 126 Å². The van der Waals surface area contributed by atoms with Crippen LogP contribution < -0.4 is 16.0 Å². The molecule has 4 aliphatic heterocycles. The molecule has 0 bridgehead atoms. The Bertz CT molecular complexity index is 5350. The molecule has 30 heteroatoms. The first-order valence-corrected chi connectivity index (χ1v) is 38.0. The van der Waals surface area contributed by atoms with Crippen molar-refractivity contribution in [3.05, 3.63) is 269 Å². The SMILES string of the molecule is CS(=O)(=O)c1cccc(C[C@H](NC(=O)c2c(Cl)cc3c(c2Cl)CCN(C(=O)c2ccc4ccoc4c2)C3)C(=O)N2C(=O)OCC2c2ccccc2)c1.CS(=O)(=O)c1cccc(C[C@H](NC(=O)c2c(Cl)cc3c(c2Cl)CCNC3)C(=O)N2C(=O)OCC2c2ccccc2)c1.Cl.O=C(O)c1ccc2ccoc2c1. The normalized spacial score (nSPS) is 16.0. The molecule has 2 saturated heterocycles. The largest absolute Gasteiger partial charge is 0.478 e. The second-order valence-electron chi connectivity index (χ2n) is 25.1. The Labute approximate surface area is 633 Å². The lowest BCUT2D eigenvalue weighted by atomic mass is 9.95. The minimum atomic E-state index is -3.59. The highest BCUT2D eigenvalue weighted by atomic mass is 35.5. The van der Waals surface area contributed by atoms with Crippen LogP contribution in [0.4, 0.5) is 9.59 Å². The first-order chi connectivity index (χ1) is 50.2. The van der Waals surface area contributed by atoms with Crippen molar-refractivity contribution in [3.63, 3.8) is 0 Å². The summed E-state index contributed by atoms with van der Waals surface area (Å²) in [5, 5.41) is 19.5. The van der Waals surface area contributed by atoms with Gasteiger partial charge in [0.15, 0.2) is 19.7 Å². The Morgan fingerprint density at radius 2 is 1.01 bits per heavy atom. The molecule has 10 aromatic rings. The number of nitrogens with zero attached hydrogens (tertiary/aromatic N) is 3. The molecular weight excluding hydrogens is 1510 g/mol. The molecule has 7 amide bonds. The molecule has 106 heavy (non-hydrogen) atoms. The molecule has 14 rings (SSSR count). The third-order valence-electron chi connectivity index (χ3n) is 18.2. The van der Waals surface area contributed by atoms with E-state index in [0.29, 0.717) is 82.6 Å². The van der Waals surface area contributed by atoms with E-state index in [4.69, 9.17) is 69.8 Å². The number of aromatic carboxylic acids is 1. The van der Waals surface area contributed by atoms with Crippen LogP contribution in [0.1, 0.15) is 98.0 Å². The fraction of sp³-hybridized carbons (Fsp3) is 0.211. The Hall–Kier alpha value is -10.1. The molecular formula is C76H65Cl5N6O17S2. The lowest BCUT2D eigenvalue weighted by Crippen LogP contribution is -2.50. The minimum absolute atomic E-state index is 0. The van der Waals surface area contributed by atoms with E-state index in [2.05, 4.69) is 16.0 Å². The number of fused-ring (bicyclic) bond motifs is 4. The van der Waals surface area contributed by atoms with Crippen molar-refractivity contribution < 1.29 is 78.6 Å². The van der Waals surface area contributed by atoms with Crippen molar-refractivity contribution in [1.29, 1.82) is 0 Å². The van der Waals surface area contributed by atoms with Crippen LogP contribution in [0.2, 0.25) is 20.1 Å². The summed E-state index contributed by atoms with van der Waals surface area (Å²) in [6, 6.07) is 42.7. The Morgan fingerprint density at radius 3 is 1.48 bits per heavy atom. The van der Waals surface area contributed by atoms with E-state index < -0.39 is 85.6 Å². The number of cyclic esters (lactones) is 2. The van der Waals surface area contributed by atoms with Crippen molar-refractivity contribution >= 4 is 148 Å². The number of benzene rings is 8. The summed E-state index contributed by atoms with van der Waals surface area (Å²) in [6.45, 7) is 1.63. The molecule has 2 unspecified atom stereocenters. The first-order valence-electron chi connectivity index (χ1n) is 32.7. The highest BCUT2D eigenvalue weighted by Gasteiger charge is 2.45. The monoisotopic (exact) mass is 1570 g/mol. The van der Waals surface area contributed by atoms with Gasteiger partial charge in [0.05, 0.1) is 59.1 Å². The lowest BCUT2D eigenvalue weighted by molar-refractivity contribution is -0.132. The number of sulfone groups is 2. The zero-order valence-electron chi connectivity index (χ0n) is 56.3. The van der Waals surface area contributed by atoms with E-state index in [1.807, 2.05) is 18.2 Å². The van der Waals surface area contributed by atoms with Crippen molar-refractivity contribution in [2.75, 3.05) is 38.8 Å². The number of halogens is 5. The molecule has 0 spiro atoms. The van der Waals surface area contributed by atoms with Gasteiger partial charge in [-0.25, -0.2) is 41.0 Å². The topological polar surface area (TPSA) is 316 Å². The molecule has 4 N–H and O–H groups in total. The van der Waals surface area contributed by atoms with Crippen LogP contribution in [0, 0.1) is 0 Å². The van der Waals surface area contributed by atoms with Gasteiger partial charge in [0, 0.05) is 61.3 Å². The predicted octanol–water partition coefficient (Wildman–Crippen LogP) is 13.1. The fourth-order valence-electron chi connectivity index (χ4n) is 12.8. The number of rotatable bonds is 16. The highest BCUT2D eigenvalue weighted by Crippen LogP contribution is 2.38. The summed E-state index contributed by atoms with van der Waals surface area (Å²) in [7, 11) is -7.12. The third-order valence-corrected chi connectivity index (χ3v) is 21.8. The number of carbonyl (C=O) groups is 8. The zero-order chi connectivity index (χ0) is 74.6. The average molecular weight is 1580 g/mol. The van der Waals surface area contributed by atoms with Gasteiger partial charge >= 0.3 is 18.2 Å². The van der Waals surface area contributed by atoms with Gasteiger partial charge in [0.25, 0.3) is 29.5 Å². The van der Waals surface area contributed by atoms with Crippen LogP contribution in [-0.2, 0) is 77.5 Å². The molecule has 2 aromatic heterocycles. The molecule has 23 nitrogen and oxygen atoms in total. The maximum absolute atomic E-state index is 14.3. The molecule has 8 aromatic carbocycles. The predicted molar refractivity (Wildman–Crippen MR) is 397 cm³/mol. The van der Waals surface area contributed by atoms with Gasteiger partial charge in [0.2, 0.25) is 0 Å². The maximum Gasteiger partial charge on any atom is 0.417 e. The molecule has 4 aliphatic rings. The van der Waals surface area contributed by atoms with Gasteiger partial charge in [-0.3, -0.25) is 24.0 Å². The van der Waals surface area contributed by atoms with E-state index in [1.165, 1.54) is 42.7 Å². The Morgan fingerprint density at radius 1 is 0.557 bits per heavy atom. The molecule has 548 valence electrons. The van der Waals surface area contributed by atoms with E-state index in [0.717, 1.165) is 44.2 Å². The number of nitrogens with one attached hydrogen (secondary N) is 3. The number of amides is 7. The summed E-state index contributed by atoms with van der Waals surface area (Å²) in [6.07, 6.45) is 4.18. The van der Waals surface area contributed by atoms with E-state index in [9.17, 15) is 55.2 Å². The molecule has 0 saturated carbocycles. The summed E-state index contributed by atoms with van der Waals surface area (Å²) in [5.74, 6) is -4.08. The maximum atomic E-state index is 14.3. The average Bonchev–Trinajstić information content (AvgIpc) is 1.24. The van der Waals surface area contributed by atoms with E-state index in [-0.39, 0.29) is 97.5 Å². The van der Waals surface area contributed by atoms with Crippen LogP contribution in [0.15, 0.2) is 201 Å². The summed E-state index contributed by atoms with van der Waals surface area (Å²) in [4.78, 5) is 109. The standard InChI is InChI=1S/C38H31Cl2N3O8S.C29H27Cl2N3O6S.C9H6O3.ClH/c1-52(48,49)27-9-5-6-22(16-27)17-30(37(46)43-31(21-51-38(43)47)23-7-3-2-4-8-23)41-35(44)33-29(39)18-26-20-42(14-12-28(26)34(33)40)36(45)25-11-10-24-13-15-50-32(24)19-25;1-41(38,39)20-9-5-6-17(12-20)13-23(28(36)34-24(16-40-29(34)37)18-7-3-2-4-8-18)33-27(35)25-22(30)14-19-15-32-11-10-21(19)26(25)31;10-9(11)7-2-1-6-3-4-12-8(6)5-7;/h2-11,13,15-16,18-19,30-31H,12,14,17,20-21H2,1H3,(H,41,44);2-9,12,14,23-24,32H,10-11,13,15-16H2,1H3,(H,33,35);1-5H,(H,10,11);1H/t30-,31?;23-,24?;;/m00../s1. The second kappa shape index (κ2) is 32.7. The van der Waals surface area contributed by atoms with Crippen LogP contribution in [0.25, 0.3) is 21.9 Å². The lowest BCUT2D eigenvalue weighted by Gasteiger charge is -2.31. The number of furan rings is 2. The first kappa shape index (κ1) is 77.0. The second-order valence-corrected chi connectivity index (χ2v) is 30.7. The fourth-order valence-corrected chi connectivity index (χ4v) is 15.7. The number of hydrogen-bond donors (Lipinski definition) is 4.